The van der Waals surface area contributed by atoms with Gasteiger partial charge in [0.2, 0.25) is 5.56 Å². The van der Waals surface area contributed by atoms with Crippen LogP contribution in [0.25, 0.3) is 22.2 Å². The van der Waals surface area contributed by atoms with Crippen LogP contribution in [0.5, 0.6) is 0 Å². The predicted octanol–water partition coefficient (Wildman–Crippen LogP) is 3.35. The van der Waals surface area contributed by atoms with E-state index in [1.165, 1.54) is 6.07 Å². The first-order chi connectivity index (χ1) is 8.74. The van der Waals surface area contributed by atoms with Crippen molar-refractivity contribution in [3.05, 3.63) is 63.5 Å². The quantitative estimate of drug-likeness (QED) is 0.701. The van der Waals surface area contributed by atoms with E-state index < -0.39 is 0 Å². The lowest BCUT2D eigenvalue weighted by molar-refractivity contribution is 1.26. The van der Waals surface area contributed by atoms with Crippen LogP contribution in [0.2, 0.25) is 0 Å². The molecule has 0 radical (unpaired) electrons. The van der Waals surface area contributed by atoms with E-state index in [1.807, 2.05) is 36.4 Å². The average molecular weight is 301 g/mol. The molecule has 3 rings (SSSR count). The molecule has 88 valence electrons. The van der Waals surface area contributed by atoms with Gasteiger partial charge in [-0.2, -0.15) is 0 Å². The van der Waals surface area contributed by atoms with Gasteiger partial charge in [0, 0.05) is 11.6 Å². The Hall–Kier alpha value is -1.94. The largest absolute Gasteiger partial charge is 0.321 e. The molecule has 0 amide bonds. The highest BCUT2D eigenvalue weighted by Crippen LogP contribution is 2.28. The lowest BCUT2D eigenvalue weighted by atomic mass is 10.1. The van der Waals surface area contributed by atoms with Crippen molar-refractivity contribution in [2.45, 2.75) is 0 Å². The van der Waals surface area contributed by atoms with Gasteiger partial charge in [0.05, 0.1) is 11.0 Å². The van der Waals surface area contributed by atoms with E-state index in [-0.39, 0.29) is 5.56 Å². The van der Waals surface area contributed by atoms with E-state index in [0.29, 0.717) is 0 Å². The third-order valence-corrected chi connectivity index (χ3v) is 3.35. The van der Waals surface area contributed by atoms with E-state index in [4.69, 9.17) is 0 Å². The van der Waals surface area contributed by atoms with Gasteiger partial charge < -0.3 is 4.98 Å². The number of aromatic nitrogens is 2. The fraction of sp³-hybridized carbons (Fsp3) is 0. The Morgan fingerprint density at radius 2 is 1.83 bits per heavy atom. The van der Waals surface area contributed by atoms with Crippen molar-refractivity contribution >= 4 is 27.0 Å². The summed E-state index contributed by atoms with van der Waals surface area (Å²) in [6, 6.07) is 15.1. The molecule has 0 bridgehead atoms. The number of nitrogens with one attached hydrogen (secondary N) is 1. The second-order valence-corrected chi connectivity index (χ2v) is 4.70. The van der Waals surface area contributed by atoms with Crippen molar-refractivity contribution in [2.24, 2.45) is 0 Å². The molecular formula is C14H9BrN2O. The number of halogens is 1. The monoisotopic (exact) mass is 300 g/mol. The van der Waals surface area contributed by atoms with Crippen molar-refractivity contribution in [2.75, 3.05) is 0 Å². The SMILES string of the molecule is O=c1ccc2nc(Br)c(-c3ccccc3)cc2[nH]1. The van der Waals surface area contributed by atoms with Crippen LogP contribution in [-0.4, -0.2) is 9.97 Å². The summed E-state index contributed by atoms with van der Waals surface area (Å²) in [5.41, 5.74) is 3.41. The minimum atomic E-state index is -0.120. The number of hydrogen-bond donors (Lipinski definition) is 1. The molecule has 18 heavy (non-hydrogen) atoms. The minimum Gasteiger partial charge on any atom is -0.321 e. The maximum absolute atomic E-state index is 11.3. The number of rotatable bonds is 1. The molecule has 2 heterocycles. The second kappa shape index (κ2) is 4.38. The number of H-pyrrole nitrogens is 1. The van der Waals surface area contributed by atoms with Crippen LogP contribution >= 0.6 is 15.9 Å². The zero-order chi connectivity index (χ0) is 12.5. The number of pyridine rings is 2. The first kappa shape index (κ1) is 11.2. The van der Waals surface area contributed by atoms with Crippen LogP contribution in [0.15, 0.2) is 57.9 Å². The molecule has 0 unspecified atom stereocenters. The van der Waals surface area contributed by atoms with E-state index in [2.05, 4.69) is 25.9 Å². The summed E-state index contributed by atoms with van der Waals surface area (Å²) in [4.78, 5) is 18.5. The molecule has 1 aromatic carbocycles. The molecule has 0 spiro atoms. The zero-order valence-electron chi connectivity index (χ0n) is 9.35. The Bertz CT molecular complexity index is 766. The predicted molar refractivity (Wildman–Crippen MR) is 75.5 cm³/mol. The van der Waals surface area contributed by atoms with Gasteiger partial charge in [-0.05, 0) is 33.6 Å². The van der Waals surface area contributed by atoms with Crippen molar-refractivity contribution < 1.29 is 0 Å². The van der Waals surface area contributed by atoms with Gasteiger partial charge in [0.25, 0.3) is 0 Å². The smallest absolute Gasteiger partial charge is 0.248 e. The molecule has 0 saturated heterocycles. The van der Waals surface area contributed by atoms with Crippen molar-refractivity contribution in [3.63, 3.8) is 0 Å². The van der Waals surface area contributed by atoms with E-state index in [1.54, 1.807) is 6.07 Å². The number of fused-ring (bicyclic) bond motifs is 1. The summed E-state index contributed by atoms with van der Waals surface area (Å²) in [5.74, 6) is 0. The van der Waals surface area contributed by atoms with Crippen molar-refractivity contribution in [1.29, 1.82) is 0 Å². The average Bonchev–Trinajstić information content (AvgIpc) is 2.39. The Labute approximate surface area is 112 Å². The number of hydrogen-bond acceptors (Lipinski definition) is 2. The van der Waals surface area contributed by atoms with E-state index >= 15 is 0 Å². The van der Waals surface area contributed by atoms with Gasteiger partial charge in [-0.3, -0.25) is 4.79 Å². The van der Waals surface area contributed by atoms with Crippen LogP contribution in [-0.2, 0) is 0 Å². The molecule has 0 saturated carbocycles. The third kappa shape index (κ3) is 1.95. The van der Waals surface area contributed by atoms with Crippen LogP contribution in [0, 0.1) is 0 Å². The highest BCUT2D eigenvalue weighted by atomic mass is 79.9. The fourth-order valence-corrected chi connectivity index (χ4v) is 2.41. The Morgan fingerprint density at radius 3 is 2.61 bits per heavy atom. The highest BCUT2D eigenvalue weighted by Gasteiger charge is 2.06. The summed E-state index contributed by atoms with van der Waals surface area (Å²) in [6.45, 7) is 0. The maximum Gasteiger partial charge on any atom is 0.248 e. The van der Waals surface area contributed by atoms with Gasteiger partial charge in [0.15, 0.2) is 0 Å². The standard InChI is InChI=1S/C14H9BrN2O/c15-14-10(9-4-2-1-3-5-9)8-12-11(17-14)6-7-13(18)16-12/h1-8H,(H,16,18). The van der Waals surface area contributed by atoms with Crippen molar-refractivity contribution in [1.82, 2.24) is 9.97 Å². The maximum atomic E-state index is 11.3. The molecule has 0 fully saturated rings. The first-order valence-electron chi connectivity index (χ1n) is 5.49. The molecule has 1 N–H and O–H groups in total. The van der Waals surface area contributed by atoms with Crippen LogP contribution in [0.1, 0.15) is 0 Å². The molecule has 2 aromatic heterocycles. The molecule has 3 aromatic rings. The lowest BCUT2D eigenvalue weighted by Gasteiger charge is -2.06. The topological polar surface area (TPSA) is 45.8 Å². The van der Waals surface area contributed by atoms with Gasteiger partial charge in [-0.25, -0.2) is 4.98 Å². The molecule has 0 aliphatic rings. The second-order valence-electron chi connectivity index (χ2n) is 3.95. The fourth-order valence-electron chi connectivity index (χ4n) is 1.88. The molecular weight excluding hydrogens is 292 g/mol. The van der Waals surface area contributed by atoms with E-state index in [0.717, 1.165) is 26.8 Å². The third-order valence-electron chi connectivity index (χ3n) is 2.74. The molecule has 0 aliphatic heterocycles. The molecule has 4 heteroatoms. The Kier molecular flexibility index (Phi) is 2.72. The summed E-state index contributed by atoms with van der Waals surface area (Å²) in [6.07, 6.45) is 0. The molecule has 0 aliphatic carbocycles. The Balaban J connectivity index is 2.30. The summed E-state index contributed by atoms with van der Waals surface area (Å²) < 4.78 is 0.772. The van der Waals surface area contributed by atoms with Gasteiger partial charge in [0.1, 0.15) is 4.60 Å². The normalized spacial score (nSPS) is 10.7. The molecule has 3 nitrogen and oxygen atoms in total. The van der Waals surface area contributed by atoms with Crippen molar-refractivity contribution in [3.8, 4) is 11.1 Å². The van der Waals surface area contributed by atoms with Gasteiger partial charge >= 0.3 is 0 Å². The van der Waals surface area contributed by atoms with Crippen LogP contribution < -0.4 is 5.56 Å². The van der Waals surface area contributed by atoms with Gasteiger partial charge in [-0.15, -0.1) is 0 Å². The van der Waals surface area contributed by atoms with Crippen LogP contribution in [0.4, 0.5) is 0 Å². The number of aromatic amines is 1. The minimum absolute atomic E-state index is 0.120. The summed E-state index contributed by atoms with van der Waals surface area (Å²) >= 11 is 3.47. The molecule has 0 atom stereocenters. The lowest BCUT2D eigenvalue weighted by Crippen LogP contribution is -2.03. The summed E-state index contributed by atoms with van der Waals surface area (Å²) in [7, 11) is 0. The zero-order valence-corrected chi connectivity index (χ0v) is 10.9. The highest BCUT2D eigenvalue weighted by molar-refractivity contribution is 9.10. The van der Waals surface area contributed by atoms with Gasteiger partial charge in [-0.1, -0.05) is 30.3 Å². The Morgan fingerprint density at radius 1 is 1.06 bits per heavy atom. The van der Waals surface area contributed by atoms with E-state index in [9.17, 15) is 4.79 Å². The number of nitrogens with zero attached hydrogens (tertiary/aromatic N) is 1. The first-order valence-corrected chi connectivity index (χ1v) is 6.28. The summed E-state index contributed by atoms with van der Waals surface area (Å²) in [5, 5.41) is 0. The van der Waals surface area contributed by atoms with Crippen LogP contribution in [0.3, 0.4) is 0 Å². The number of benzene rings is 1.